The van der Waals surface area contributed by atoms with Gasteiger partial charge in [0.05, 0.1) is 11.5 Å². The van der Waals surface area contributed by atoms with Gasteiger partial charge in [-0.2, -0.15) is 9.83 Å². The molecule has 0 unspecified atom stereocenters. The van der Waals surface area contributed by atoms with Gasteiger partial charge in [0.25, 0.3) is 0 Å². The van der Waals surface area contributed by atoms with E-state index in [9.17, 15) is 0 Å². The highest BCUT2D eigenvalue weighted by atomic mass is 14.9. The number of nitrogens with zero attached hydrogens (tertiary/aromatic N) is 2. The van der Waals surface area contributed by atoms with Crippen LogP contribution in [-0.2, 0) is 13.5 Å². The maximum Gasteiger partial charge on any atom is 0.213 e. The van der Waals surface area contributed by atoms with Gasteiger partial charge in [-0.25, -0.2) is 0 Å². The van der Waals surface area contributed by atoms with Gasteiger partial charge in [0, 0.05) is 23.9 Å². The van der Waals surface area contributed by atoms with Gasteiger partial charge in [-0.3, -0.25) is 0 Å². The van der Waals surface area contributed by atoms with Gasteiger partial charge >= 0.3 is 0 Å². The van der Waals surface area contributed by atoms with Gasteiger partial charge in [-0.05, 0) is 60.2 Å². The number of aromatic nitrogens is 1. The SMILES string of the molecule is Cc1cc(CCC#N)cc(C)c1-c1cccc2c1cc1ccccc1[n+]2C. The molecule has 3 aromatic carbocycles. The van der Waals surface area contributed by atoms with Crippen LogP contribution in [0.2, 0.25) is 0 Å². The molecule has 2 nitrogen and oxygen atoms in total. The summed E-state index contributed by atoms with van der Waals surface area (Å²) in [6.45, 7) is 4.36. The lowest BCUT2D eigenvalue weighted by Crippen LogP contribution is -2.30. The van der Waals surface area contributed by atoms with Gasteiger partial charge in [0.2, 0.25) is 11.0 Å². The third-order valence-electron chi connectivity index (χ3n) is 5.43. The maximum atomic E-state index is 8.88. The summed E-state index contributed by atoms with van der Waals surface area (Å²) in [7, 11) is 2.14. The number of benzene rings is 3. The van der Waals surface area contributed by atoms with Crippen LogP contribution in [0.4, 0.5) is 0 Å². The van der Waals surface area contributed by atoms with Crippen LogP contribution < -0.4 is 4.57 Å². The van der Waals surface area contributed by atoms with Gasteiger partial charge in [-0.1, -0.05) is 36.4 Å². The van der Waals surface area contributed by atoms with Gasteiger partial charge in [-0.15, -0.1) is 0 Å². The van der Waals surface area contributed by atoms with Crippen molar-refractivity contribution >= 4 is 21.8 Å². The molecule has 0 radical (unpaired) electrons. The monoisotopic (exact) mass is 351 g/mol. The van der Waals surface area contributed by atoms with Crippen molar-refractivity contribution in [3.63, 3.8) is 0 Å². The van der Waals surface area contributed by atoms with Gasteiger partial charge in [0.1, 0.15) is 7.05 Å². The molecule has 0 fully saturated rings. The van der Waals surface area contributed by atoms with E-state index in [0.29, 0.717) is 6.42 Å². The minimum Gasteiger partial charge on any atom is -0.198 e. The van der Waals surface area contributed by atoms with Gasteiger partial charge < -0.3 is 0 Å². The third-order valence-corrected chi connectivity index (χ3v) is 5.43. The van der Waals surface area contributed by atoms with E-state index in [2.05, 4.69) is 92.2 Å². The molecule has 0 aliphatic heterocycles. The van der Waals surface area contributed by atoms with Gasteiger partial charge in [0.15, 0.2) is 0 Å². The molecular weight excluding hydrogens is 328 g/mol. The average molecular weight is 351 g/mol. The van der Waals surface area contributed by atoms with Crippen LogP contribution in [0.3, 0.4) is 0 Å². The molecule has 0 amide bonds. The molecule has 0 atom stereocenters. The molecule has 1 aromatic heterocycles. The Morgan fingerprint density at radius 1 is 0.889 bits per heavy atom. The Morgan fingerprint density at radius 3 is 2.33 bits per heavy atom. The molecule has 132 valence electrons. The molecule has 0 aliphatic rings. The Bertz CT molecular complexity index is 1190. The zero-order valence-corrected chi connectivity index (χ0v) is 16.1. The van der Waals surface area contributed by atoms with Crippen molar-refractivity contribution in [3.8, 4) is 17.2 Å². The summed E-state index contributed by atoms with van der Waals surface area (Å²) in [5.41, 5.74) is 8.83. The van der Waals surface area contributed by atoms with E-state index >= 15 is 0 Å². The summed E-state index contributed by atoms with van der Waals surface area (Å²) in [6, 6.07) is 24.1. The maximum absolute atomic E-state index is 8.88. The van der Waals surface area contributed by atoms with Crippen LogP contribution in [0.25, 0.3) is 32.9 Å². The van der Waals surface area contributed by atoms with E-state index in [1.165, 1.54) is 49.6 Å². The fraction of sp³-hybridized carbons (Fsp3) is 0.200. The van der Waals surface area contributed by atoms with Crippen molar-refractivity contribution in [1.82, 2.24) is 0 Å². The third kappa shape index (κ3) is 2.96. The van der Waals surface area contributed by atoms with E-state index in [0.717, 1.165) is 6.42 Å². The highest BCUT2D eigenvalue weighted by Crippen LogP contribution is 2.34. The topological polar surface area (TPSA) is 27.7 Å². The summed E-state index contributed by atoms with van der Waals surface area (Å²) in [5.74, 6) is 0. The molecule has 0 spiro atoms. The quantitative estimate of drug-likeness (QED) is 0.351. The molecule has 0 N–H and O–H groups in total. The first kappa shape index (κ1) is 17.2. The van der Waals surface area contributed by atoms with E-state index in [1.807, 2.05) is 0 Å². The Hall–Kier alpha value is -3.18. The van der Waals surface area contributed by atoms with Crippen molar-refractivity contribution in [1.29, 1.82) is 5.26 Å². The predicted octanol–water partition coefficient (Wildman–Crippen LogP) is 5.56. The average Bonchev–Trinajstić information content (AvgIpc) is 2.66. The fourth-order valence-corrected chi connectivity index (χ4v) is 4.24. The second kappa shape index (κ2) is 6.85. The minimum absolute atomic E-state index is 0.564. The first-order valence-corrected chi connectivity index (χ1v) is 9.38. The lowest BCUT2D eigenvalue weighted by Gasteiger charge is -2.15. The second-order valence-corrected chi connectivity index (χ2v) is 7.26. The number of nitriles is 1. The molecule has 4 rings (SSSR count). The van der Waals surface area contributed by atoms with Crippen LogP contribution in [0, 0.1) is 25.2 Å². The minimum atomic E-state index is 0.564. The smallest absolute Gasteiger partial charge is 0.198 e. The summed E-state index contributed by atoms with van der Waals surface area (Å²) < 4.78 is 2.28. The van der Waals surface area contributed by atoms with E-state index in [4.69, 9.17) is 5.26 Å². The van der Waals surface area contributed by atoms with Crippen molar-refractivity contribution < 1.29 is 4.57 Å². The number of para-hydroxylation sites is 1. The number of fused-ring (bicyclic) bond motifs is 2. The number of aryl methyl sites for hydroxylation is 4. The molecule has 1 heterocycles. The molecule has 2 heteroatoms. The van der Waals surface area contributed by atoms with Crippen LogP contribution in [-0.4, -0.2) is 0 Å². The first-order valence-electron chi connectivity index (χ1n) is 9.38. The van der Waals surface area contributed by atoms with Crippen LogP contribution in [0.1, 0.15) is 23.1 Å². The molecule has 4 aromatic rings. The van der Waals surface area contributed by atoms with Crippen molar-refractivity contribution in [2.75, 3.05) is 0 Å². The molecule has 0 bridgehead atoms. The summed E-state index contributed by atoms with van der Waals surface area (Å²) in [6.07, 6.45) is 1.38. The number of hydrogen-bond acceptors (Lipinski definition) is 1. The number of pyridine rings is 1. The Labute approximate surface area is 160 Å². The molecule has 0 aliphatic carbocycles. The number of hydrogen-bond donors (Lipinski definition) is 0. The van der Waals surface area contributed by atoms with E-state index in [1.54, 1.807) is 0 Å². The Balaban J connectivity index is 1.99. The zero-order valence-electron chi connectivity index (χ0n) is 16.1. The van der Waals surface area contributed by atoms with E-state index in [-0.39, 0.29) is 0 Å². The van der Waals surface area contributed by atoms with Crippen LogP contribution in [0.15, 0.2) is 60.7 Å². The molecule has 0 saturated carbocycles. The van der Waals surface area contributed by atoms with Crippen LogP contribution >= 0.6 is 0 Å². The van der Waals surface area contributed by atoms with Crippen LogP contribution in [0.5, 0.6) is 0 Å². The lowest BCUT2D eigenvalue weighted by molar-refractivity contribution is -0.617. The standard InChI is InChI=1S/C25H23N2/c1-17-14-19(8-7-13-26)15-18(2)25(17)21-10-6-12-24-22(21)16-20-9-4-5-11-23(20)27(24)3/h4-6,9-12,14-16H,7-8H2,1-3H3/q+1. The number of rotatable bonds is 3. The molecule has 0 saturated heterocycles. The van der Waals surface area contributed by atoms with Crippen molar-refractivity contribution in [2.24, 2.45) is 7.05 Å². The normalized spacial score (nSPS) is 11.0. The Morgan fingerprint density at radius 2 is 1.59 bits per heavy atom. The highest BCUT2D eigenvalue weighted by molar-refractivity contribution is 5.99. The lowest BCUT2D eigenvalue weighted by atomic mass is 9.90. The fourth-order valence-electron chi connectivity index (χ4n) is 4.24. The molecular formula is C25H23N2+. The highest BCUT2D eigenvalue weighted by Gasteiger charge is 2.17. The van der Waals surface area contributed by atoms with Crippen molar-refractivity contribution in [3.05, 3.63) is 77.4 Å². The van der Waals surface area contributed by atoms with Crippen molar-refractivity contribution in [2.45, 2.75) is 26.7 Å². The summed E-state index contributed by atoms with van der Waals surface area (Å²) in [4.78, 5) is 0. The largest absolute Gasteiger partial charge is 0.213 e. The zero-order chi connectivity index (χ0) is 19.0. The Kier molecular flexibility index (Phi) is 4.38. The predicted molar refractivity (Wildman–Crippen MR) is 111 cm³/mol. The first-order chi connectivity index (χ1) is 13.1. The summed E-state index contributed by atoms with van der Waals surface area (Å²) >= 11 is 0. The van der Waals surface area contributed by atoms with E-state index < -0.39 is 0 Å². The second-order valence-electron chi connectivity index (χ2n) is 7.26. The molecule has 27 heavy (non-hydrogen) atoms. The summed E-state index contributed by atoms with van der Waals surface area (Å²) in [5, 5.41) is 11.4.